The summed E-state index contributed by atoms with van der Waals surface area (Å²) < 4.78 is 9.76. The van der Waals surface area contributed by atoms with Gasteiger partial charge in [-0.1, -0.05) is 12.1 Å². The molecule has 0 aliphatic heterocycles. The minimum Gasteiger partial charge on any atom is -0.469 e. The first-order valence-corrected chi connectivity index (χ1v) is 5.21. The van der Waals surface area contributed by atoms with Crippen LogP contribution in [0.5, 0.6) is 0 Å². The van der Waals surface area contributed by atoms with Crippen molar-refractivity contribution in [1.29, 1.82) is 0 Å². The third kappa shape index (κ3) is 3.66. The largest absolute Gasteiger partial charge is 0.469 e. The molecule has 0 saturated heterocycles. The van der Waals surface area contributed by atoms with Crippen molar-refractivity contribution in [3.05, 3.63) is 17.5 Å². The predicted molar refractivity (Wildman–Crippen MR) is 58.8 cm³/mol. The number of esters is 1. The van der Waals surface area contributed by atoms with Gasteiger partial charge >= 0.3 is 5.97 Å². The number of ether oxygens (including phenoxy) is 1. The Hall–Kier alpha value is -1.36. The van der Waals surface area contributed by atoms with Gasteiger partial charge in [0, 0.05) is 12.6 Å². The molecule has 5 heteroatoms. The van der Waals surface area contributed by atoms with E-state index < -0.39 is 0 Å². The summed E-state index contributed by atoms with van der Waals surface area (Å²) in [5.41, 5.74) is 0.865. The normalized spacial score (nSPS) is 12.8. The van der Waals surface area contributed by atoms with Crippen LogP contribution in [0, 0.1) is 12.8 Å². The van der Waals surface area contributed by atoms with Crippen molar-refractivity contribution >= 4 is 5.97 Å². The number of nitrogens with zero attached hydrogens (tertiary/aromatic N) is 2. The molecule has 0 aliphatic carbocycles. The Bertz CT molecular complexity index is 349. The second-order valence-corrected chi connectivity index (χ2v) is 4.06. The lowest BCUT2D eigenvalue weighted by atomic mass is 10.2. The molecule has 1 heterocycles. The Morgan fingerprint density at radius 1 is 1.69 bits per heavy atom. The average Bonchev–Trinajstić information content (AvgIpc) is 2.62. The fourth-order valence-corrected chi connectivity index (χ4v) is 1.56. The van der Waals surface area contributed by atoms with E-state index in [0.29, 0.717) is 13.1 Å². The van der Waals surface area contributed by atoms with E-state index in [0.717, 1.165) is 11.5 Å². The average molecular weight is 226 g/mol. The molecule has 0 amide bonds. The first kappa shape index (κ1) is 12.7. The summed E-state index contributed by atoms with van der Waals surface area (Å²) in [6, 6.07) is 1.89. The lowest BCUT2D eigenvalue weighted by Crippen LogP contribution is -2.28. The molecule has 0 aromatic carbocycles. The third-order valence-electron chi connectivity index (χ3n) is 2.29. The molecular formula is C11H18N2O3. The van der Waals surface area contributed by atoms with Gasteiger partial charge in [0.2, 0.25) is 0 Å². The maximum absolute atomic E-state index is 11.2. The second kappa shape index (κ2) is 5.65. The number of aryl methyl sites for hydroxylation is 1. The van der Waals surface area contributed by atoms with Crippen LogP contribution in [0.3, 0.4) is 0 Å². The zero-order valence-corrected chi connectivity index (χ0v) is 10.2. The van der Waals surface area contributed by atoms with Crippen LogP contribution in [0.1, 0.15) is 18.4 Å². The van der Waals surface area contributed by atoms with Crippen molar-refractivity contribution in [2.24, 2.45) is 5.92 Å². The Morgan fingerprint density at radius 2 is 2.38 bits per heavy atom. The number of aromatic nitrogens is 1. The molecule has 90 valence electrons. The Kier molecular flexibility index (Phi) is 4.49. The van der Waals surface area contributed by atoms with Crippen molar-refractivity contribution in [3.8, 4) is 0 Å². The number of carbonyl (C=O) groups is 1. The molecule has 5 nitrogen and oxygen atoms in total. The molecule has 0 bridgehead atoms. The standard InChI is InChI=1S/C11H18N2O3/c1-8(11(14)15-4)6-13(3)7-10-5-9(2)12-16-10/h5,8H,6-7H2,1-4H3. The topological polar surface area (TPSA) is 55.6 Å². The summed E-state index contributed by atoms with van der Waals surface area (Å²) in [6.45, 7) is 4.99. The number of hydrogen-bond donors (Lipinski definition) is 0. The number of hydrogen-bond acceptors (Lipinski definition) is 5. The highest BCUT2D eigenvalue weighted by molar-refractivity contribution is 5.71. The van der Waals surface area contributed by atoms with Crippen LogP contribution in [-0.4, -0.2) is 36.7 Å². The zero-order valence-electron chi connectivity index (χ0n) is 10.2. The minimum absolute atomic E-state index is 0.140. The molecule has 1 aromatic rings. The Balaban J connectivity index is 2.41. The fourth-order valence-electron chi connectivity index (χ4n) is 1.56. The predicted octanol–water partition coefficient (Wildman–Crippen LogP) is 1.22. The van der Waals surface area contributed by atoms with E-state index in [4.69, 9.17) is 4.52 Å². The molecule has 0 N–H and O–H groups in total. The molecule has 1 atom stereocenters. The highest BCUT2D eigenvalue weighted by Crippen LogP contribution is 2.07. The van der Waals surface area contributed by atoms with Gasteiger partial charge in [-0.2, -0.15) is 0 Å². The van der Waals surface area contributed by atoms with Crippen molar-refractivity contribution in [2.75, 3.05) is 20.7 Å². The van der Waals surface area contributed by atoms with E-state index >= 15 is 0 Å². The number of carbonyl (C=O) groups excluding carboxylic acids is 1. The van der Waals surface area contributed by atoms with Crippen LogP contribution < -0.4 is 0 Å². The van der Waals surface area contributed by atoms with Crippen molar-refractivity contribution in [3.63, 3.8) is 0 Å². The summed E-state index contributed by atoms with van der Waals surface area (Å²) in [7, 11) is 3.33. The summed E-state index contributed by atoms with van der Waals surface area (Å²) >= 11 is 0. The maximum Gasteiger partial charge on any atom is 0.309 e. The number of methoxy groups -OCH3 is 1. The van der Waals surface area contributed by atoms with E-state index in [1.54, 1.807) is 0 Å². The molecule has 0 saturated carbocycles. The quantitative estimate of drug-likeness (QED) is 0.707. The third-order valence-corrected chi connectivity index (χ3v) is 2.29. The SMILES string of the molecule is COC(=O)C(C)CN(C)Cc1cc(C)no1. The van der Waals surface area contributed by atoms with Crippen molar-refractivity contribution in [2.45, 2.75) is 20.4 Å². The van der Waals surface area contributed by atoms with Crippen molar-refractivity contribution < 1.29 is 14.1 Å². The zero-order chi connectivity index (χ0) is 12.1. The molecule has 0 radical (unpaired) electrons. The van der Waals surface area contributed by atoms with E-state index in [1.165, 1.54) is 7.11 Å². The summed E-state index contributed by atoms with van der Waals surface area (Å²) in [5.74, 6) is 0.469. The second-order valence-electron chi connectivity index (χ2n) is 4.06. The van der Waals surface area contributed by atoms with Gasteiger partial charge in [0.15, 0.2) is 5.76 Å². The maximum atomic E-state index is 11.2. The van der Waals surface area contributed by atoms with Gasteiger partial charge in [-0.05, 0) is 14.0 Å². The van der Waals surface area contributed by atoms with Crippen LogP contribution in [0.4, 0.5) is 0 Å². The highest BCUT2D eigenvalue weighted by atomic mass is 16.5. The molecular weight excluding hydrogens is 208 g/mol. The van der Waals surface area contributed by atoms with Gasteiger partial charge in [0.1, 0.15) is 0 Å². The molecule has 1 unspecified atom stereocenters. The Labute approximate surface area is 95.4 Å². The van der Waals surface area contributed by atoms with Gasteiger partial charge in [0.05, 0.1) is 25.3 Å². The lowest BCUT2D eigenvalue weighted by molar-refractivity contribution is -0.145. The van der Waals surface area contributed by atoms with Gasteiger partial charge in [-0.25, -0.2) is 0 Å². The molecule has 1 aromatic heterocycles. The Morgan fingerprint density at radius 3 is 2.88 bits per heavy atom. The first-order valence-electron chi connectivity index (χ1n) is 5.21. The highest BCUT2D eigenvalue weighted by Gasteiger charge is 2.16. The van der Waals surface area contributed by atoms with Gasteiger partial charge in [-0.15, -0.1) is 0 Å². The molecule has 0 fully saturated rings. The van der Waals surface area contributed by atoms with Crippen LogP contribution in [-0.2, 0) is 16.1 Å². The summed E-state index contributed by atoms with van der Waals surface area (Å²) in [6.07, 6.45) is 0. The van der Waals surface area contributed by atoms with E-state index in [1.807, 2.05) is 31.9 Å². The minimum atomic E-state index is -0.194. The number of rotatable bonds is 5. The molecule has 1 rings (SSSR count). The molecule has 0 aliphatic rings. The summed E-state index contributed by atoms with van der Waals surface area (Å²) in [5, 5.41) is 3.81. The summed E-state index contributed by atoms with van der Waals surface area (Å²) in [4.78, 5) is 13.2. The smallest absolute Gasteiger partial charge is 0.309 e. The van der Waals surface area contributed by atoms with E-state index in [9.17, 15) is 4.79 Å². The van der Waals surface area contributed by atoms with Crippen LogP contribution in [0.25, 0.3) is 0 Å². The first-order chi connectivity index (χ1) is 7.52. The van der Waals surface area contributed by atoms with E-state index in [-0.39, 0.29) is 11.9 Å². The fraction of sp³-hybridized carbons (Fsp3) is 0.636. The molecule has 0 spiro atoms. The van der Waals surface area contributed by atoms with E-state index in [2.05, 4.69) is 9.89 Å². The lowest BCUT2D eigenvalue weighted by Gasteiger charge is -2.18. The van der Waals surface area contributed by atoms with Gasteiger partial charge < -0.3 is 9.26 Å². The van der Waals surface area contributed by atoms with Crippen LogP contribution >= 0.6 is 0 Å². The van der Waals surface area contributed by atoms with Crippen LogP contribution in [0.2, 0.25) is 0 Å². The van der Waals surface area contributed by atoms with Gasteiger partial charge in [-0.3, -0.25) is 9.69 Å². The monoisotopic (exact) mass is 226 g/mol. The van der Waals surface area contributed by atoms with Gasteiger partial charge in [0.25, 0.3) is 0 Å². The molecule has 16 heavy (non-hydrogen) atoms. The van der Waals surface area contributed by atoms with Crippen LogP contribution in [0.15, 0.2) is 10.6 Å². The van der Waals surface area contributed by atoms with Crippen molar-refractivity contribution in [1.82, 2.24) is 10.1 Å².